The second kappa shape index (κ2) is 5.93. The van der Waals surface area contributed by atoms with Gasteiger partial charge < -0.3 is 8.98 Å². The lowest BCUT2D eigenvalue weighted by Crippen LogP contribution is -2.27. The largest absolute Gasteiger partial charge is 0.467 e. The fourth-order valence-electron chi connectivity index (χ4n) is 2.37. The van der Waals surface area contributed by atoms with E-state index < -0.39 is 0 Å². The van der Waals surface area contributed by atoms with Crippen LogP contribution in [0.1, 0.15) is 36.2 Å². The molecular weight excluding hydrogens is 264 g/mol. The van der Waals surface area contributed by atoms with E-state index in [-0.39, 0.29) is 12.1 Å². The molecule has 5 nitrogen and oxygen atoms in total. The number of hydrogen-bond acceptors (Lipinski definition) is 4. The van der Waals surface area contributed by atoms with Gasteiger partial charge in [0.2, 0.25) is 0 Å². The smallest absolute Gasteiger partial charge is 0.133 e. The van der Waals surface area contributed by atoms with Crippen molar-refractivity contribution in [2.24, 2.45) is 7.05 Å². The Morgan fingerprint density at radius 3 is 2.76 bits per heavy atom. The highest BCUT2D eigenvalue weighted by molar-refractivity contribution is 5.19. The second-order valence-electron chi connectivity index (χ2n) is 5.02. The highest BCUT2D eigenvalue weighted by Gasteiger charge is 2.23. The number of nitrogens with one attached hydrogen (secondary N) is 1. The van der Waals surface area contributed by atoms with E-state index >= 15 is 0 Å². The lowest BCUT2D eigenvalue weighted by atomic mass is 10.1. The molecule has 0 aromatic carbocycles. The van der Waals surface area contributed by atoms with Crippen molar-refractivity contribution in [2.45, 2.75) is 19.0 Å². The molecule has 2 atom stereocenters. The van der Waals surface area contributed by atoms with Crippen molar-refractivity contribution in [3.8, 4) is 0 Å². The molecule has 5 heteroatoms. The van der Waals surface area contributed by atoms with Crippen LogP contribution in [0.3, 0.4) is 0 Å². The van der Waals surface area contributed by atoms with Gasteiger partial charge in [-0.25, -0.2) is 4.98 Å². The van der Waals surface area contributed by atoms with E-state index in [0.29, 0.717) is 0 Å². The van der Waals surface area contributed by atoms with Gasteiger partial charge in [-0.3, -0.25) is 10.3 Å². The van der Waals surface area contributed by atoms with Crippen molar-refractivity contribution in [1.82, 2.24) is 19.9 Å². The van der Waals surface area contributed by atoms with E-state index in [9.17, 15) is 0 Å². The molecule has 0 amide bonds. The van der Waals surface area contributed by atoms with Gasteiger partial charge in [0.15, 0.2) is 0 Å². The fourth-order valence-corrected chi connectivity index (χ4v) is 2.37. The first-order chi connectivity index (χ1) is 10.3. The predicted octanol–water partition coefficient (Wildman–Crippen LogP) is 2.85. The third-order valence-electron chi connectivity index (χ3n) is 3.55. The molecule has 3 aromatic heterocycles. The van der Waals surface area contributed by atoms with Gasteiger partial charge >= 0.3 is 0 Å². The average molecular weight is 282 g/mol. The monoisotopic (exact) mass is 282 g/mol. The van der Waals surface area contributed by atoms with Crippen LogP contribution >= 0.6 is 0 Å². The van der Waals surface area contributed by atoms with Crippen molar-refractivity contribution in [1.29, 1.82) is 0 Å². The van der Waals surface area contributed by atoms with Crippen LogP contribution < -0.4 is 5.32 Å². The first-order valence-corrected chi connectivity index (χ1v) is 6.92. The van der Waals surface area contributed by atoms with Crippen molar-refractivity contribution in [3.05, 3.63) is 72.5 Å². The van der Waals surface area contributed by atoms with Crippen LogP contribution in [-0.4, -0.2) is 14.5 Å². The van der Waals surface area contributed by atoms with Crippen molar-refractivity contribution < 1.29 is 4.42 Å². The van der Waals surface area contributed by atoms with Crippen LogP contribution in [0.5, 0.6) is 0 Å². The summed E-state index contributed by atoms with van der Waals surface area (Å²) in [5.41, 5.74) is 1.13. The molecular formula is C16H18N4O. The number of imidazole rings is 1. The Hall–Kier alpha value is -2.40. The number of rotatable bonds is 5. The van der Waals surface area contributed by atoms with Gasteiger partial charge in [0.1, 0.15) is 17.6 Å². The summed E-state index contributed by atoms with van der Waals surface area (Å²) < 4.78 is 7.58. The minimum absolute atomic E-state index is 0.102. The molecule has 0 saturated heterocycles. The van der Waals surface area contributed by atoms with Crippen molar-refractivity contribution in [3.63, 3.8) is 0 Å². The van der Waals surface area contributed by atoms with Gasteiger partial charge in [-0.1, -0.05) is 6.07 Å². The Morgan fingerprint density at radius 1 is 1.24 bits per heavy atom. The summed E-state index contributed by atoms with van der Waals surface area (Å²) in [7, 11) is 1.98. The summed E-state index contributed by atoms with van der Waals surface area (Å²) in [6.45, 7) is 2.11. The molecule has 0 radical (unpaired) electrons. The topological polar surface area (TPSA) is 55.9 Å². The molecule has 1 unspecified atom stereocenters. The zero-order chi connectivity index (χ0) is 14.7. The standard InChI is InChI=1S/C16H18N4O/c1-12(13-5-3-7-17-11-13)19-15(14-6-4-10-21-14)16-18-8-9-20(16)2/h3-12,15,19H,1-2H3/t12-,15?/m1/s1. The quantitative estimate of drug-likeness (QED) is 0.782. The molecule has 0 aliphatic carbocycles. The number of pyridine rings is 1. The summed E-state index contributed by atoms with van der Waals surface area (Å²) in [4.78, 5) is 8.62. The maximum absolute atomic E-state index is 5.58. The number of aryl methyl sites for hydroxylation is 1. The van der Waals surface area contributed by atoms with Gasteiger partial charge in [0, 0.05) is 37.9 Å². The molecule has 3 rings (SSSR count). The minimum atomic E-state index is -0.102. The first-order valence-electron chi connectivity index (χ1n) is 6.92. The molecule has 108 valence electrons. The predicted molar refractivity (Wildman–Crippen MR) is 79.5 cm³/mol. The van der Waals surface area contributed by atoms with Gasteiger partial charge in [-0.15, -0.1) is 0 Å². The SMILES string of the molecule is C[C@@H](NC(c1ccco1)c1nccn1C)c1cccnc1. The molecule has 21 heavy (non-hydrogen) atoms. The van der Waals surface area contributed by atoms with Gasteiger partial charge in [-0.05, 0) is 30.7 Å². The Labute approximate surface area is 123 Å². The maximum atomic E-state index is 5.58. The van der Waals surface area contributed by atoms with Gasteiger partial charge in [-0.2, -0.15) is 0 Å². The van der Waals surface area contributed by atoms with Crippen molar-refractivity contribution in [2.75, 3.05) is 0 Å². The first kappa shape index (κ1) is 13.6. The van der Waals surface area contributed by atoms with Gasteiger partial charge in [0.05, 0.1) is 6.26 Å². The highest BCUT2D eigenvalue weighted by Crippen LogP contribution is 2.24. The van der Waals surface area contributed by atoms with Crippen LogP contribution in [0.25, 0.3) is 0 Å². The lowest BCUT2D eigenvalue weighted by molar-refractivity contribution is 0.402. The van der Waals surface area contributed by atoms with E-state index in [1.54, 1.807) is 18.7 Å². The molecule has 0 spiro atoms. The summed E-state index contributed by atoms with van der Waals surface area (Å²) in [5.74, 6) is 1.76. The van der Waals surface area contributed by atoms with E-state index in [1.165, 1.54) is 0 Å². The Kier molecular flexibility index (Phi) is 3.83. The second-order valence-corrected chi connectivity index (χ2v) is 5.02. The molecule has 0 fully saturated rings. The Balaban J connectivity index is 1.89. The average Bonchev–Trinajstić information content (AvgIpc) is 3.17. The molecule has 0 saturated carbocycles. The number of nitrogens with zero attached hydrogens (tertiary/aromatic N) is 3. The molecule has 3 heterocycles. The highest BCUT2D eigenvalue weighted by atomic mass is 16.3. The minimum Gasteiger partial charge on any atom is -0.467 e. The van der Waals surface area contributed by atoms with Crippen molar-refractivity contribution >= 4 is 0 Å². The van der Waals surface area contributed by atoms with E-state index in [1.807, 2.05) is 42.2 Å². The van der Waals surface area contributed by atoms with Gasteiger partial charge in [0.25, 0.3) is 0 Å². The number of hydrogen-bond donors (Lipinski definition) is 1. The summed E-state index contributed by atoms with van der Waals surface area (Å²) in [6, 6.07) is 7.88. The molecule has 0 aliphatic heterocycles. The molecule has 1 N–H and O–H groups in total. The summed E-state index contributed by atoms with van der Waals surface area (Å²) in [6.07, 6.45) is 9.05. The fraction of sp³-hybridized carbons (Fsp3) is 0.250. The zero-order valence-corrected chi connectivity index (χ0v) is 12.1. The number of furan rings is 1. The Morgan fingerprint density at radius 2 is 2.14 bits per heavy atom. The van der Waals surface area contributed by atoms with Crippen LogP contribution in [0.15, 0.2) is 59.7 Å². The van der Waals surface area contributed by atoms with Crippen LogP contribution in [0.4, 0.5) is 0 Å². The van der Waals surface area contributed by atoms with Crippen LogP contribution in [0, 0.1) is 0 Å². The summed E-state index contributed by atoms with van der Waals surface area (Å²) >= 11 is 0. The van der Waals surface area contributed by atoms with E-state index in [2.05, 4.69) is 28.3 Å². The maximum Gasteiger partial charge on any atom is 0.133 e. The van der Waals surface area contributed by atoms with E-state index in [4.69, 9.17) is 4.42 Å². The lowest BCUT2D eigenvalue weighted by Gasteiger charge is -2.21. The zero-order valence-electron chi connectivity index (χ0n) is 12.1. The number of aromatic nitrogens is 3. The third-order valence-corrected chi connectivity index (χ3v) is 3.55. The van der Waals surface area contributed by atoms with Crippen LogP contribution in [-0.2, 0) is 7.05 Å². The molecule has 0 bridgehead atoms. The molecule has 0 aliphatic rings. The third kappa shape index (κ3) is 2.87. The molecule has 3 aromatic rings. The van der Waals surface area contributed by atoms with E-state index in [0.717, 1.165) is 17.1 Å². The van der Waals surface area contributed by atoms with Crippen LogP contribution in [0.2, 0.25) is 0 Å². The Bertz CT molecular complexity index is 675. The summed E-state index contributed by atoms with van der Waals surface area (Å²) in [5, 5.41) is 3.56. The normalized spacial score (nSPS) is 14.0.